The molecule has 1 aliphatic rings. The van der Waals surface area contributed by atoms with Crippen molar-refractivity contribution in [1.82, 2.24) is 9.88 Å². The van der Waals surface area contributed by atoms with Gasteiger partial charge in [-0.1, -0.05) is 50.2 Å². The predicted molar refractivity (Wildman–Crippen MR) is 113 cm³/mol. The summed E-state index contributed by atoms with van der Waals surface area (Å²) in [4.78, 5) is 19.6. The molecule has 5 heteroatoms. The van der Waals surface area contributed by atoms with E-state index in [1.807, 2.05) is 0 Å². The molecule has 0 atom stereocenters. The molecule has 4 nitrogen and oxygen atoms in total. The number of nitrogens with zero attached hydrogens (tertiary/aromatic N) is 2. The minimum Gasteiger partial charge on any atom is -0.467 e. The van der Waals surface area contributed by atoms with Gasteiger partial charge in [-0.2, -0.15) is 0 Å². The van der Waals surface area contributed by atoms with Crippen LogP contribution in [0.4, 0.5) is 0 Å². The van der Waals surface area contributed by atoms with E-state index in [0.29, 0.717) is 5.91 Å². The van der Waals surface area contributed by atoms with Gasteiger partial charge < -0.3 is 9.64 Å². The normalized spacial score (nSPS) is 15.7. The number of aromatic nitrogens is 1. The molecule has 1 saturated heterocycles. The first kappa shape index (κ1) is 20.1. The third-order valence-corrected chi connectivity index (χ3v) is 6.65. The van der Waals surface area contributed by atoms with Crippen molar-refractivity contribution in [3.8, 4) is 5.19 Å². The van der Waals surface area contributed by atoms with Gasteiger partial charge in [-0.3, -0.25) is 4.79 Å². The number of amides is 1. The summed E-state index contributed by atoms with van der Waals surface area (Å²) in [7, 11) is 0. The summed E-state index contributed by atoms with van der Waals surface area (Å²) in [6.07, 6.45) is 6.11. The number of carbonyl (C=O) groups is 1. The lowest BCUT2D eigenvalue weighted by Gasteiger charge is -2.34. The van der Waals surface area contributed by atoms with Crippen LogP contribution in [0.25, 0.3) is 10.2 Å². The SMILES string of the molecule is CCCC(CCC)C(=O)N1CCC(Oc2nc3c(C)ccc(C)c3s2)CC1. The van der Waals surface area contributed by atoms with Gasteiger partial charge in [0.05, 0.1) is 10.2 Å². The van der Waals surface area contributed by atoms with Crippen molar-refractivity contribution in [3.63, 3.8) is 0 Å². The Morgan fingerprint density at radius 1 is 1.19 bits per heavy atom. The Morgan fingerprint density at radius 3 is 2.41 bits per heavy atom. The fourth-order valence-electron chi connectivity index (χ4n) is 3.97. The van der Waals surface area contributed by atoms with Crippen LogP contribution in [0, 0.1) is 19.8 Å². The second-order valence-corrected chi connectivity index (χ2v) is 8.74. The van der Waals surface area contributed by atoms with Crippen molar-refractivity contribution < 1.29 is 9.53 Å². The summed E-state index contributed by atoms with van der Waals surface area (Å²) < 4.78 is 7.43. The van der Waals surface area contributed by atoms with E-state index < -0.39 is 0 Å². The molecule has 148 valence electrons. The number of benzene rings is 1. The summed E-state index contributed by atoms with van der Waals surface area (Å²) in [6, 6.07) is 4.26. The van der Waals surface area contributed by atoms with Crippen molar-refractivity contribution >= 4 is 27.5 Å². The smallest absolute Gasteiger partial charge is 0.274 e. The van der Waals surface area contributed by atoms with E-state index >= 15 is 0 Å². The van der Waals surface area contributed by atoms with Gasteiger partial charge in [0.2, 0.25) is 5.91 Å². The molecular weight excluding hydrogens is 356 g/mol. The van der Waals surface area contributed by atoms with Gasteiger partial charge in [0.15, 0.2) is 0 Å². The summed E-state index contributed by atoms with van der Waals surface area (Å²) in [6.45, 7) is 10.1. The first-order chi connectivity index (χ1) is 13.0. The Balaban J connectivity index is 1.59. The molecule has 0 N–H and O–H groups in total. The topological polar surface area (TPSA) is 42.4 Å². The van der Waals surface area contributed by atoms with Crippen LogP contribution in [-0.4, -0.2) is 35.0 Å². The summed E-state index contributed by atoms with van der Waals surface area (Å²) in [5.41, 5.74) is 3.51. The number of hydrogen-bond donors (Lipinski definition) is 0. The molecule has 0 spiro atoms. The molecule has 0 unspecified atom stereocenters. The van der Waals surface area contributed by atoms with E-state index in [1.165, 1.54) is 15.8 Å². The first-order valence-electron chi connectivity index (χ1n) is 10.4. The fraction of sp³-hybridized carbons (Fsp3) is 0.636. The van der Waals surface area contributed by atoms with Crippen LogP contribution in [0.5, 0.6) is 5.19 Å². The van der Waals surface area contributed by atoms with E-state index in [-0.39, 0.29) is 12.0 Å². The zero-order valence-corrected chi connectivity index (χ0v) is 17.9. The molecule has 1 amide bonds. The van der Waals surface area contributed by atoms with Crippen molar-refractivity contribution in [2.45, 2.75) is 72.3 Å². The van der Waals surface area contributed by atoms with Gasteiger partial charge in [-0.05, 0) is 37.8 Å². The van der Waals surface area contributed by atoms with Gasteiger partial charge >= 0.3 is 0 Å². The molecule has 1 aromatic heterocycles. The molecule has 27 heavy (non-hydrogen) atoms. The Labute approximate surface area is 166 Å². The van der Waals surface area contributed by atoms with Gasteiger partial charge in [-0.15, -0.1) is 0 Å². The van der Waals surface area contributed by atoms with E-state index in [4.69, 9.17) is 9.72 Å². The number of fused-ring (bicyclic) bond motifs is 1. The second kappa shape index (κ2) is 9.05. The molecule has 0 aliphatic carbocycles. The predicted octanol–water partition coefficient (Wildman–Crippen LogP) is 5.50. The third kappa shape index (κ3) is 4.63. The van der Waals surface area contributed by atoms with Gasteiger partial charge in [-0.25, -0.2) is 4.98 Å². The number of thiazole rings is 1. The second-order valence-electron chi connectivity index (χ2n) is 7.77. The number of carbonyl (C=O) groups excluding carboxylic acids is 1. The van der Waals surface area contributed by atoms with Gasteiger partial charge in [0.25, 0.3) is 5.19 Å². The maximum atomic E-state index is 12.8. The zero-order valence-electron chi connectivity index (χ0n) is 17.1. The lowest BCUT2D eigenvalue weighted by Crippen LogP contribution is -2.44. The average molecular weight is 389 g/mol. The highest BCUT2D eigenvalue weighted by Gasteiger charge is 2.28. The van der Waals surface area contributed by atoms with Crippen LogP contribution in [-0.2, 0) is 4.79 Å². The van der Waals surface area contributed by atoms with Crippen LogP contribution in [0.15, 0.2) is 12.1 Å². The largest absolute Gasteiger partial charge is 0.467 e. The van der Waals surface area contributed by atoms with Crippen LogP contribution >= 0.6 is 11.3 Å². The zero-order chi connectivity index (χ0) is 19.4. The van der Waals surface area contributed by atoms with E-state index in [1.54, 1.807) is 11.3 Å². The highest BCUT2D eigenvalue weighted by atomic mass is 32.1. The maximum absolute atomic E-state index is 12.8. The quantitative estimate of drug-likeness (QED) is 0.629. The molecular formula is C22H32N2O2S. The molecule has 1 aliphatic heterocycles. The summed E-state index contributed by atoms with van der Waals surface area (Å²) in [5, 5.41) is 0.766. The number of aryl methyl sites for hydroxylation is 2. The number of likely N-dealkylation sites (tertiary alicyclic amines) is 1. The van der Waals surface area contributed by atoms with Gasteiger partial charge in [0, 0.05) is 31.8 Å². The van der Waals surface area contributed by atoms with Crippen molar-refractivity contribution in [2.24, 2.45) is 5.92 Å². The maximum Gasteiger partial charge on any atom is 0.274 e. The number of ether oxygens (including phenoxy) is 1. The average Bonchev–Trinajstić information content (AvgIpc) is 3.10. The Kier molecular flexibility index (Phi) is 6.74. The highest BCUT2D eigenvalue weighted by molar-refractivity contribution is 7.20. The fourth-order valence-corrected chi connectivity index (χ4v) is 5.00. The molecule has 0 radical (unpaired) electrons. The number of piperidine rings is 1. The molecule has 1 aromatic carbocycles. The molecule has 2 aromatic rings. The van der Waals surface area contributed by atoms with E-state index in [0.717, 1.165) is 62.3 Å². The van der Waals surface area contributed by atoms with Crippen LogP contribution < -0.4 is 4.74 Å². The molecule has 0 saturated carbocycles. The van der Waals surface area contributed by atoms with Crippen molar-refractivity contribution in [1.29, 1.82) is 0 Å². The molecule has 3 rings (SSSR count). The Hall–Kier alpha value is -1.62. The minimum atomic E-state index is 0.158. The van der Waals surface area contributed by atoms with E-state index in [9.17, 15) is 4.79 Å². The number of hydrogen-bond acceptors (Lipinski definition) is 4. The standard InChI is InChI=1S/C22H32N2O2S/c1-5-7-17(8-6-2)21(25)24-13-11-18(12-14-24)26-22-23-19-15(3)9-10-16(4)20(19)27-22/h9-10,17-18H,5-8,11-14H2,1-4H3. The van der Waals surface area contributed by atoms with Crippen molar-refractivity contribution in [3.05, 3.63) is 23.3 Å². The minimum absolute atomic E-state index is 0.158. The molecule has 0 bridgehead atoms. The van der Waals surface area contributed by atoms with Crippen molar-refractivity contribution in [2.75, 3.05) is 13.1 Å². The highest BCUT2D eigenvalue weighted by Crippen LogP contribution is 2.33. The summed E-state index contributed by atoms with van der Waals surface area (Å²) in [5.74, 6) is 0.552. The molecule has 1 fully saturated rings. The Morgan fingerprint density at radius 2 is 1.81 bits per heavy atom. The lowest BCUT2D eigenvalue weighted by molar-refractivity contribution is -0.137. The first-order valence-corrected chi connectivity index (χ1v) is 11.2. The van der Waals surface area contributed by atoms with Gasteiger partial charge in [0.1, 0.15) is 6.10 Å². The lowest BCUT2D eigenvalue weighted by atomic mass is 9.95. The van der Waals surface area contributed by atoms with Crippen LogP contribution in [0.3, 0.4) is 0 Å². The molecule has 2 heterocycles. The van der Waals surface area contributed by atoms with Crippen LogP contribution in [0.2, 0.25) is 0 Å². The Bertz CT molecular complexity index is 733. The summed E-state index contributed by atoms with van der Waals surface area (Å²) >= 11 is 1.64. The monoisotopic (exact) mass is 388 g/mol. The number of rotatable bonds is 7. The van der Waals surface area contributed by atoms with E-state index in [2.05, 4.69) is 44.7 Å². The third-order valence-electron chi connectivity index (χ3n) is 5.57. The van der Waals surface area contributed by atoms with Crippen LogP contribution in [0.1, 0.15) is 63.5 Å².